The zero-order valence-corrected chi connectivity index (χ0v) is 18.3. The highest BCUT2D eigenvalue weighted by Gasteiger charge is 2.24. The van der Waals surface area contributed by atoms with Gasteiger partial charge in [0.1, 0.15) is 5.69 Å². The van der Waals surface area contributed by atoms with Gasteiger partial charge in [-0.1, -0.05) is 57.1 Å². The van der Waals surface area contributed by atoms with Crippen molar-refractivity contribution >= 4 is 11.6 Å². The van der Waals surface area contributed by atoms with Crippen molar-refractivity contribution in [1.82, 2.24) is 5.16 Å². The van der Waals surface area contributed by atoms with Crippen molar-refractivity contribution in [2.75, 3.05) is 5.32 Å². The topological polar surface area (TPSA) is 55.1 Å². The fourth-order valence-corrected chi connectivity index (χ4v) is 4.56. The van der Waals surface area contributed by atoms with Crippen molar-refractivity contribution in [2.24, 2.45) is 11.3 Å². The number of carbonyl (C=O) groups excluding carboxylic acids is 1. The summed E-state index contributed by atoms with van der Waals surface area (Å²) in [5.74, 6) is 1.25. The largest absolute Gasteiger partial charge is 0.355 e. The Labute approximate surface area is 178 Å². The van der Waals surface area contributed by atoms with Crippen molar-refractivity contribution in [3.63, 3.8) is 0 Å². The summed E-state index contributed by atoms with van der Waals surface area (Å²) in [6.07, 6.45) is 3.49. The molecule has 1 aromatic heterocycles. The molecule has 0 radical (unpaired) electrons. The van der Waals surface area contributed by atoms with E-state index in [0.717, 1.165) is 42.0 Å². The van der Waals surface area contributed by atoms with Crippen molar-refractivity contribution in [3.8, 4) is 22.6 Å². The van der Waals surface area contributed by atoms with Crippen LogP contribution < -0.4 is 5.32 Å². The fourth-order valence-electron chi connectivity index (χ4n) is 4.56. The monoisotopic (exact) mass is 402 g/mol. The average Bonchev–Trinajstić information content (AvgIpc) is 3.11. The first-order valence-corrected chi connectivity index (χ1v) is 10.8. The number of hydrogen-bond donors (Lipinski definition) is 1. The molecule has 4 rings (SSSR count). The summed E-state index contributed by atoms with van der Waals surface area (Å²) in [7, 11) is 0. The van der Waals surface area contributed by atoms with Crippen molar-refractivity contribution in [3.05, 3.63) is 59.7 Å². The van der Waals surface area contributed by atoms with E-state index in [0.29, 0.717) is 12.3 Å². The summed E-state index contributed by atoms with van der Waals surface area (Å²) in [5, 5.41) is 7.38. The number of aromatic nitrogens is 1. The maximum atomic E-state index is 12.4. The van der Waals surface area contributed by atoms with Crippen LogP contribution in [0.4, 0.5) is 5.69 Å². The molecule has 1 aliphatic carbocycles. The maximum absolute atomic E-state index is 12.4. The lowest BCUT2D eigenvalue weighted by Gasteiger charge is -2.22. The van der Waals surface area contributed by atoms with Crippen LogP contribution in [-0.4, -0.2) is 11.1 Å². The molecule has 4 heteroatoms. The third kappa shape index (κ3) is 4.48. The Bertz CT molecular complexity index is 1040. The summed E-state index contributed by atoms with van der Waals surface area (Å²) in [6.45, 7) is 8.77. The predicted octanol–water partition coefficient (Wildman–Crippen LogP) is 6.51. The normalized spacial score (nSPS) is 14.0. The Morgan fingerprint density at radius 1 is 1.10 bits per heavy atom. The van der Waals surface area contributed by atoms with Crippen LogP contribution in [0, 0.1) is 11.3 Å². The van der Waals surface area contributed by atoms with Crippen LogP contribution in [0.25, 0.3) is 22.6 Å². The number of amides is 1. The number of nitrogens with zero attached hydrogens (tertiary/aromatic N) is 1. The molecule has 1 aliphatic rings. The van der Waals surface area contributed by atoms with Gasteiger partial charge in [0.2, 0.25) is 5.91 Å². The van der Waals surface area contributed by atoms with E-state index in [1.807, 2.05) is 30.3 Å². The van der Waals surface area contributed by atoms with E-state index in [9.17, 15) is 4.79 Å². The first kappa shape index (κ1) is 20.4. The Morgan fingerprint density at radius 3 is 2.57 bits per heavy atom. The first-order chi connectivity index (χ1) is 14.3. The molecule has 1 atom stereocenters. The van der Waals surface area contributed by atoms with Gasteiger partial charge in [0.05, 0.1) is 0 Å². The highest BCUT2D eigenvalue weighted by molar-refractivity contribution is 5.91. The quantitative estimate of drug-likeness (QED) is 0.529. The zero-order valence-electron chi connectivity index (χ0n) is 18.3. The molecule has 1 amide bonds. The predicted molar refractivity (Wildman–Crippen MR) is 121 cm³/mol. The summed E-state index contributed by atoms with van der Waals surface area (Å²) in [4.78, 5) is 12.4. The molecule has 0 spiro atoms. The van der Waals surface area contributed by atoms with Crippen LogP contribution in [0.15, 0.2) is 53.1 Å². The van der Waals surface area contributed by atoms with Gasteiger partial charge >= 0.3 is 0 Å². The van der Waals surface area contributed by atoms with Crippen LogP contribution in [0.1, 0.15) is 51.7 Å². The molecule has 1 N–H and O–H groups in total. The summed E-state index contributed by atoms with van der Waals surface area (Å²) >= 11 is 0. The smallest absolute Gasteiger partial charge is 0.224 e. The molecule has 0 fully saturated rings. The average molecular weight is 403 g/mol. The second kappa shape index (κ2) is 8.10. The van der Waals surface area contributed by atoms with Crippen LogP contribution in [0.3, 0.4) is 0 Å². The van der Waals surface area contributed by atoms with Gasteiger partial charge in [-0.3, -0.25) is 4.79 Å². The Kier molecular flexibility index (Phi) is 5.50. The van der Waals surface area contributed by atoms with Gasteiger partial charge < -0.3 is 9.84 Å². The lowest BCUT2D eigenvalue weighted by molar-refractivity contribution is -0.117. The van der Waals surface area contributed by atoms with Crippen molar-refractivity contribution in [2.45, 2.75) is 53.4 Å². The van der Waals surface area contributed by atoms with Crippen molar-refractivity contribution in [1.29, 1.82) is 0 Å². The standard InChI is InChI=1S/C26H30N2O2/c1-17(16-26(2,3)4)15-23(29)27-20-12-9-19(10-13-20)25-22-14-11-18-7-5-6-8-21(18)24(22)28-30-25/h5-10,12-13,17H,11,14-16H2,1-4H3,(H,27,29)/t17-/m0/s1. The van der Waals surface area contributed by atoms with Crippen LogP contribution in [0.2, 0.25) is 0 Å². The highest BCUT2D eigenvalue weighted by atomic mass is 16.5. The van der Waals surface area contributed by atoms with Gasteiger partial charge in [0.15, 0.2) is 5.76 Å². The molecule has 0 saturated carbocycles. The lowest BCUT2D eigenvalue weighted by Crippen LogP contribution is -2.18. The summed E-state index contributed by atoms with van der Waals surface area (Å²) in [6, 6.07) is 16.3. The third-order valence-electron chi connectivity index (χ3n) is 5.63. The van der Waals surface area contributed by atoms with Crippen LogP contribution in [0.5, 0.6) is 0 Å². The van der Waals surface area contributed by atoms with E-state index in [-0.39, 0.29) is 11.3 Å². The minimum atomic E-state index is 0.0631. The number of hydrogen-bond acceptors (Lipinski definition) is 3. The second-order valence-corrected chi connectivity index (χ2v) is 9.70. The van der Waals surface area contributed by atoms with E-state index in [4.69, 9.17) is 4.52 Å². The molecule has 4 nitrogen and oxygen atoms in total. The first-order valence-electron chi connectivity index (χ1n) is 10.8. The van der Waals surface area contributed by atoms with E-state index in [1.165, 1.54) is 16.7 Å². The SMILES string of the molecule is C[C@@H](CC(=O)Nc1ccc(-c2onc3c2CCc2ccccc2-3)cc1)CC(C)(C)C. The Hall–Kier alpha value is -2.88. The number of carbonyl (C=O) groups is 1. The van der Waals surface area contributed by atoms with Gasteiger partial charge in [-0.25, -0.2) is 0 Å². The van der Waals surface area contributed by atoms with Gasteiger partial charge in [0.25, 0.3) is 0 Å². The van der Waals surface area contributed by atoms with Crippen molar-refractivity contribution < 1.29 is 9.32 Å². The fraction of sp³-hybridized carbons (Fsp3) is 0.385. The number of fused-ring (bicyclic) bond motifs is 3. The molecule has 0 bridgehead atoms. The minimum absolute atomic E-state index is 0.0631. The van der Waals surface area contributed by atoms with E-state index < -0.39 is 0 Å². The molecule has 3 aromatic rings. The zero-order chi connectivity index (χ0) is 21.3. The second-order valence-electron chi connectivity index (χ2n) is 9.70. The molecule has 0 aliphatic heterocycles. The molecular formula is C26H30N2O2. The van der Waals surface area contributed by atoms with E-state index >= 15 is 0 Å². The summed E-state index contributed by atoms with van der Waals surface area (Å²) in [5.41, 5.74) is 6.65. The molecule has 1 heterocycles. The lowest BCUT2D eigenvalue weighted by atomic mass is 9.84. The number of rotatable bonds is 5. The minimum Gasteiger partial charge on any atom is -0.355 e. The van der Waals surface area contributed by atoms with Gasteiger partial charge in [-0.15, -0.1) is 0 Å². The number of anilines is 1. The van der Waals surface area contributed by atoms with Gasteiger partial charge in [-0.2, -0.15) is 0 Å². The Balaban J connectivity index is 1.45. The van der Waals surface area contributed by atoms with Crippen LogP contribution >= 0.6 is 0 Å². The third-order valence-corrected chi connectivity index (χ3v) is 5.63. The number of aryl methyl sites for hydroxylation is 1. The van der Waals surface area contributed by atoms with Crippen LogP contribution in [-0.2, 0) is 17.6 Å². The molecule has 0 saturated heterocycles. The molecule has 156 valence electrons. The summed E-state index contributed by atoms with van der Waals surface area (Å²) < 4.78 is 5.74. The molecule has 0 unspecified atom stereocenters. The molecule has 2 aromatic carbocycles. The Morgan fingerprint density at radius 2 is 1.83 bits per heavy atom. The molecule has 30 heavy (non-hydrogen) atoms. The maximum Gasteiger partial charge on any atom is 0.224 e. The van der Waals surface area contributed by atoms with E-state index in [2.05, 4.69) is 56.4 Å². The molecular weight excluding hydrogens is 372 g/mol. The highest BCUT2D eigenvalue weighted by Crippen LogP contribution is 2.38. The van der Waals surface area contributed by atoms with E-state index in [1.54, 1.807) is 0 Å². The van der Waals surface area contributed by atoms with Gasteiger partial charge in [0, 0.05) is 28.8 Å². The number of benzene rings is 2. The van der Waals surface area contributed by atoms with Gasteiger partial charge in [-0.05, 0) is 60.4 Å². The number of nitrogens with one attached hydrogen (secondary N) is 1.